The van der Waals surface area contributed by atoms with Crippen LogP contribution in [0.1, 0.15) is 38.5 Å². The zero-order valence-electron chi connectivity index (χ0n) is 20.1. The molecule has 1 heterocycles. The van der Waals surface area contributed by atoms with Gasteiger partial charge in [-0.15, -0.1) is 0 Å². The molecule has 1 N–H and O–H groups in total. The lowest BCUT2D eigenvalue weighted by molar-refractivity contribution is -0.145. The number of amides is 1. The summed E-state index contributed by atoms with van der Waals surface area (Å²) in [5.41, 5.74) is 2.78. The van der Waals surface area contributed by atoms with Gasteiger partial charge in [-0.3, -0.25) is 4.79 Å². The molecule has 0 saturated heterocycles. The van der Waals surface area contributed by atoms with Crippen LogP contribution < -0.4 is 5.32 Å². The molecule has 0 aliphatic carbocycles. The highest BCUT2D eigenvalue weighted by Crippen LogP contribution is 2.41. The van der Waals surface area contributed by atoms with Crippen molar-refractivity contribution in [1.82, 2.24) is 5.32 Å². The summed E-state index contributed by atoms with van der Waals surface area (Å²) in [4.78, 5) is 27.6. The number of nitrogens with one attached hydrogen (secondary N) is 1. The maximum Gasteiger partial charge on any atom is 0.338 e. The Morgan fingerprint density at radius 1 is 0.833 bits per heavy atom. The van der Waals surface area contributed by atoms with Crippen molar-refractivity contribution in [1.29, 1.82) is 0 Å². The molecule has 4 aromatic rings. The fraction of sp³-hybridized carbons (Fsp3) is 0.125. The van der Waals surface area contributed by atoms with Gasteiger partial charge in [0.1, 0.15) is 5.76 Å². The van der Waals surface area contributed by atoms with E-state index < -0.39 is 17.4 Å². The molecule has 1 amide bonds. The van der Waals surface area contributed by atoms with Gasteiger partial charge in [0.25, 0.3) is 5.91 Å². The van der Waals surface area contributed by atoms with E-state index in [4.69, 9.17) is 4.74 Å². The van der Waals surface area contributed by atoms with E-state index in [1.165, 1.54) is 0 Å². The number of cyclic esters (lactones) is 1. The number of esters is 1. The monoisotopic (exact) mass is 473 g/mol. The van der Waals surface area contributed by atoms with Crippen molar-refractivity contribution in [2.75, 3.05) is 0 Å². The van der Waals surface area contributed by atoms with Crippen LogP contribution in [0.25, 0.3) is 5.76 Å². The molecule has 0 bridgehead atoms. The summed E-state index contributed by atoms with van der Waals surface area (Å²) in [6.07, 6.45) is 2.24. The van der Waals surface area contributed by atoms with Gasteiger partial charge in [0.2, 0.25) is 0 Å². The van der Waals surface area contributed by atoms with Crippen LogP contribution in [0.2, 0.25) is 0 Å². The first-order chi connectivity index (χ1) is 17.5. The summed E-state index contributed by atoms with van der Waals surface area (Å²) in [7, 11) is 0. The van der Waals surface area contributed by atoms with E-state index in [0.29, 0.717) is 11.3 Å². The molecule has 5 rings (SSSR count). The summed E-state index contributed by atoms with van der Waals surface area (Å²) in [6, 6.07) is 36.5. The van der Waals surface area contributed by atoms with Crippen molar-refractivity contribution < 1.29 is 14.3 Å². The second-order valence-electron chi connectivity index (χ2n) is 9.13. The van der Waals surface area contributed by atoms with Crippen LogP contribution in [-0.2, 0) is 16.0 Å². The van der Waals surface area contributed by atoms with Gasteiger partial charge in [-0.2, -0.15) is 0 Å². The molecule has 1 aliphatic heterocycles. The highest BCUT2D eigenvalue weighted by atomic mass is 16.5. The van der Waals surface area contributed by atoms with Crippen LogP contribution in [0.15, 0.2) is 121 Å². The summed E-state index contributed by atoms with van der Waals surface area (Å²) in [5, 5.41) is 3.14. The Labute approximate surface area is 211 Å². The normalized spacial score (nSPS) is 19.2. The van der Waals surface area contributed by atoms with E-state index in [1.54, 1.807) is 6.07 Å². The van der Waals surface area contributed by atoms with Gasteiger partial charge in [-0.25, -0.2) is 4.79 Å². The first-order valence-electron chi connectivity index (χ1n) is 12.0. The quantitative estimate of drug-likeness (QED) is 0.345. The first kappa shape index (κ1) is 23.3. The number of ether oxygens (including phenoxy) is 1. The fourth-order valence-corrected chi connectivity index (χ4v) is 4.78. The molecule has 0 aromatic heterocycles. The van der Waals surface area contributed by atoms with E-state index in [0.717, 1.165) is 22.3 Å². The second-order valence-corrected chi connectivity index (χ2v) is 9.13. The highest BCUT2D eigenvalue weighted by molar-refractivity contribution is 6.00. The Hall–Kier alpha value is -4.44. The number of benzene rings is 4. The predicted octanol–water partition coefficient (Wildman–Crippen LogP) is 6.09. The van der Waals surface area contributed by atoms with Crippen LogP contribution in [0.3, 0.4) is 0 Å². The molecule has 0 unspecified atom stereocenters. The topological polar surface area (TPSA) is 55.4 Å². The molecule has 0 spiro atoms. The zero-order chi connectivity index (χ0) is 25.0. The second kappa shape index (κ2) is 10.0. The number of rotatable bonds is 6. The predicted molar refractivity (Wildman–Crippen MR) is 141 cm³/mol. The summed E-state index contributed by atoms with van der Waals surface area (Å²) in [6.45, 7) is 1.94. The van der Waals surface area contributed by atoms with Crippen molar-refractivity contribution in [2.45, 2.75) is 24.8 Å². The van der Waals surface area contributed by atoms with Gasteiger partial charge in [-0.05, 0) is 36.3 Å². The number of hydrogen-bond acceptors (Lipinski definition) is 3. The molecule has 2 atom stereocenters. The highest BCUT2D eigenvalue weighted by Gasteiger charge is 2.51. The lowest BCUT2D eigenvalue weighted by Crippen LogP contribution is -2.61. The van der Waals surface area contributed by atoms with Gasteiger partial charge >= 0.3 is 5.97 Å². The standard InChI is InChI=1S/C32H27NO3/c1-23-12-11-19-27(20-23)30(34)33-32(22-24-13-5-2-6-14-24)28(25-15-7-3-8-16-25)21-29(36-31(32)35)26-17-9-4-10-18-26/h2-21,28H,22H2,1H3,(H,33,34)/t28-,32+/m1/s1. The molecule has 0 fully saturated rings. The minimum atomic E-state index is -1.35. The van der Waals surface area contributed by atoms with Gasteiger partial charge in [0, 0.05) is 23.5 Å². The zero-order valence-corrected chi connectivity index (χ0v) is 20.1. The third-order valence-electron chi connectivity index (χ3n) is 6.58. The third kappa shape index (κ3) is 4.71. The molecule has 0 radical (unpaired) electrons. The molecule has 178 valence electrons. The van der Waals surface area contributed by atoms with Crippen molar-refractivity contribution >= 4 is 17.6 Å². The Morgan fingerprint density at radius 3 is 2.14 bits per heavy atom. The molecule has 0 saturated carbocycles. The summed E-state index contributed by atoms with van der Waals surface area (Å²) < 4.78 is 5.98. The fourth-order valence-electron chi connectivity index (χ4n) is 4.78. The molecule has 1 aliphatic rings. The van der Waals surface area contributed by atoms with Gasteiger partial charge in [-0.1, -0.05) is 109 Å². The molecule has 4 heteroatoms. The van der Waals surface area contributed by atoms with Gasteiger partial charge < -0.3 is 10.1 Å². The van der Waals surface area contributed by atoms with Crippen LogP contribution in [0.4, 0.5) is 0 Å². The first-order valence-corrected chi connectivity index (χ1v) is 12.0. The lowest BCUT2D eigenvalue weighted by atomic mass is 9.73. The molecule has 4 aromatic carbocycles. The Bertz CT molecular complexity index is 1400. The van der Waals surface area contributed by atoms with Crippen LogP contribution in [-0.4, -0.2) is 17.4 Å². The Balaban J connectivity index is 1.67. The summed E-state index contributed by atoms with van der Waals surface area (Å²) >= 11 is 0. The average Bonchev–Trinajstić information content (AvgIpc) is 2.91. The molecule has 4 nitrogen and oxygen atoms in total. The van der Waals surface area contributed by atoms with E-state index in [9.17, 15) is 9.59 Å². The lowest BCUT2D eigenvalue weighted by Gasteiger charge is -2.41. The van der Waals surface area contributed by atoms with E-state index in [-0.39, 0.29) is 12.3 Å². The minimum absolute atomic E-state index is 0.280. The largest absolute Gasteiger partial charge is 0.424 e. The summed E-state index contributed by atoms with van der Waals surface area (Å²) in [5.74, 6) is -0.765. The third-order valence-corrected chi connectivity index (χ3v) is 6.58. The van der Waals surface area contributed by atoms with E-state index in [2.05, 4.69) is 5.32 Å². The van der Waals surface area contributed by atoms with E-state index >= 15 is 0 Å². The number of hydrogen-bond donors (Lipinski definition) is 1. The minimum Gasteiger partial charge on any atom is -0.424 e. The SMILES string of the molecule is Cc1cccc(C(=O)N[C@]2(Cc3ccccc3)C(=O)OC(c3ccccc3)=C[C@@H]2c2ccccc2)c1. The maximum absolute atomic E-state index is 14.0. The van der Waals surface area contributed by atoms with Crippen LogP contribution >= 0.6 is 0 Å². The van der Waals surface area contributed by atoms with E-state index in [1.807, 2.05) is 122 Å². The molecular formula is C32H27NO3. The number of carbonyl (C=O) groups excluding carboxylic acids is 2. The number of aryl methyl sites for hydroxylation is 1. The van der Waals surface area contributed by atoms with Crippen LogP contribution in [0, 0.1) is 6.92 Å². The van der Waals surface area contributed by atoms with Crippen molar-refractivity contribution in [2.24, 2.45) is 0 Å². The van der Waals surface area contributed by atoms with Crippen molar-refractivity contribution in [3.8, 4) is 0 Å². The van der Waals surface area contributed by atoms with Crippen LogP contribution in [0.5, 0.6) is 0 Å². The molecular weight excluding hydrogens is 446 g/mol. The smallest absolute Gasteiger partial charge is 0.338 e. The number of carbonyl (C=O) groups is 2. The van der Waals surface area contributed by atoms with Crippen molar-refractivity contribution in [3.63, 3.8) is 0 Å². The maximum atomic E-state index is 14.0. The van der Waals surface area contributed by atoms with Gasteiger partial charge in [0.05, 0.1) is 0 Å². The molecule has 36 heavy (non-hydrogen) atoms. The average molecular weight is 474 g/mol. The van der Waals surface area contributed by atoms with Gasteiger partial charge in [0.15, 0.2) is 5.54 Å². The Kier molecular flexibility index (Phi) is 6.50. The Morgan fingerprint density at radius 2 is 1.47 bits per heavy atom. The van der Waals surface area contributed by atoms with Crippen molar-refractivity contribution in [3.05, 3.63) is 149 Å².